The third-order valence-electron chi connectivity index (χ3n) is 5.51. The standard InChI is InChI=1S/C23H20F3N3O/c1-2-29(22(30)15-4-5-15)13-16-10-17(23(24,25)26)6-7-18(16)20-12-28-21-8-3-14(11-27)9-19(20)21/h3,6-10,12,15,28H,2,4-5,13H2,1H3. The van der Waals surface area contributed by atoms with E-state index in [2.05, 4.69) is 11.1 Å². The number of hydrogen-bond donors (Lipinski definition) is 1. The molecule has 1 aliphatic carbocycles. The Morgan fingerprint density at radius 2 is 1.97 bits per heavy atom. The summed E-state index contributed by atoms with van der Waals surface area (Å²) in [4.78, 5) is 17.3. The number of nitrogens with zero attached hydrogens (tertiary/aromatic N) is 2. The molecule has 2 aromatic carbocycles. The first-order valence-electron chi connectivity index (χ1n) is 9.82. The average molecular weight is 411 g/mol. The molecule has 1 N–H and O–H groups in total. The Bertz CT molecular complexity index is 1150. The average Bonchev–Trinajstić information content (AvgIpc) is 3.50. The maximum absolute atomic E-state index is 13.4. The summed E-state index contributed by atoms with van der Waals surface area (Å²) in [6, 6.07) is 10.9. The van der Waals surface area contributed by atoms with Gasteiger partial charge in [-0.05, 0) is 61.2 Å². The first kappa shape index (κ1) is 20.0. The number of aromatic nitrogens is 1. The lowest BCUT2D eigenvalue weighted by Gasteiger charge is -2.23. The lowest BCUT2D eigenvalue weighted by atomic mass is 9.95. The van der Waals surface area contributed by atoms with Gasteiger partial charge in [-0.25, -0.2) is 0 Å². The topological polar surface area (TPSA) is 59.9 Å². The number of alkyl halides is 3. The molecule has 30 heavy (non-hydrogen) atoms. The van der Waals surface area contributed by atoms with E-state index in [0.717, 1.165) is 35.9 Å². The van der Waals surface area contributed by atoms with Gasteiger partial charge in [-0.1, -0.05) is 6.07 Å². The van der Waals surface area contributed by atoms with E-state index >= 15 is 0 Å². The Morgan fingerprint density at radius 1 is 1.20 bits per heavy atom. The number of aromatic amines is 1. The molecule has 0 aliphatic heterocycles. The number of amides is 1. The molecule has 4 rings (SSSR count). The molecule has 0 bridgehead atoms. The summed E-state index contributed by atoms with van der Waals surface area (Å²) in [5.41, 5.74) is 2.27. The summed E-state index contributed by atoms with van der Waals surface area (Å²) in [6.45, 7) is 2.37. The number of carbonyl (C=O) groups is 1. The lowest BCUT2D eigenvalue weighted by Crippen LogP contribution is -2.31. The molecule has 0 spiro atoms. The molecule has 1 heterocycles. The van der Waals surface area contributed by atoms with Crippen LogP contribution in [0.15, 0.2) is 42.6 Å². The van der Waals surface area contributed by atoms with Crippen molar-refractivity contribution >= 4 is 16.8 Å². The van der Waals surface area contributed by atoms with Gasteiger partial charge in [0.15, 0.2) is 0 Å². The Hall–Kier alpha value is -3.27. The van der Waals surface area contributed by atoms with Crippen molar-refractivity contribution in [3.63, 3.8) is 0 Å². The fourth-order valence-electron chi connectivity index (χ4n) is 3.72. The Kier molecular flexibility index (Phi) is 5.02. The van der Waals surface area contributed by atoms with Gasteiger partial charge in [-0.3, -0.25) is 4.79 Å². The van der Waals surface area contributed by atoms with Crippen LogP contribution in [0.3, 0.4) is 0 Å². The summed E-state index contributed by atoms with van der Waals surface area (Å²) in [6.07, 6.45) is -1.07. The molecule has 1 fully saturated rings. The third kappa shape index (κ3) is 3.78. The van der Waals surface area contributed by atoms with Gasteiger partial charge in [0.1, 0.15) is 0 Å². The number of carbonyl (C=O) groups excluding carboxylic acids is 1. The molecular weight excluding hydrogens is 391 g/mol. The Balaban J connectivity index is 1.83. The molecule has 0 radical (unpaired) electrons. The van der Waals surface area contributed by atoms with Crippen LogP contribution in [0.1, 0.15) is 36.5 Å². The summed E-state index contributed by atoms with van der Waals surface area (Å²) in [5, 5.41) is 9.97. The molecular formula is C23H20F3N3O. The predicted octanol–water partition coefficient (Wildman–Crippen LogP) is 5.48. The van der Waals surface area contributed by atoms with Crippen molar-refractivity contribution in [3.8, 4) is 17.2 Å². The molecule has 154 valence electrons. The van der Waals surface area contributed by atoms with Gasteiger partial charge in [-0.2, -0.15) is 18.4 Å². The largest absolute Gasteiger partial charge is 0.416 e. The zero-order valence-corrected chi connectivity index (χ0v) is 16.4. The zero-order chi connectivity index (χ0) is 21.5. The molecule has 0 unspecified atom stereocenters. The third-order valence-corrected chi connectivity index (χ3v) is 5.51. The highest BCUT2D eigenvalue weighted by Crippen LogP contribution is 2.38. The van der Waals surface area contributed by atoms with Crippen molar-refractivity contribution in [2.75, 3.05) is 6.54 Å². The Labute approximate surface area is 171 Å². The number of rotatable bonds is 5. The highest BCUT2D eigenvalue weighted by atomic mass is 19.4. The number of nitrogens with one attached hydrogen (secondary N) is 1. The van der Waals surface area contributed by atoms with Gasteiger partial charge in [0.2, 0.25) is 5.91 Å². The first-order chi connectivity index (χ1) is 14.3. The monoisotopic (exact) mass is 411 g/mol. The van der Waals surface area contributed by atoms with Gasteiger partial charge in [-0.15, -0.1) is 0 Å². The Morgan fingerprint density at radius 3 is 2.60 bits per heavy atom. The van der Waals surface area contributed by atoms with Crippen LogP contribution in [-0.2, 0) is 17.5 Å². The van der Waals surface area contributed by atoms with Crippen LogP contribution in [0.25, 0.3) is 22.0 Å². The van der Waals surface area contributed by atoms with Crippen molar-refractivity contribution in [1.82, 2.24) is 9.88 Å². The fourth-order valence-corrected chi connectivity index (χ4v) is 3.72. The van der Waals surface area contributed by atoms with E-state index < -0.39 is 11.7 Å². The van der Waals surface area contributed by atoms with Gasteiger partial charge >= 0.3 is 6.18 Å². The van der Waals surface area contributed by atoms with E-state index in [9.17, 15) is 23.2 Å². The van der Waals surface area contributed by atoms with Gasteiger partial charge < -0.3 is 9.88 Å². The number of nitriles is 1. The number of benzene rings is 2. The highest BCUT2D eigenvalue weighted by molar-refractivity contribution is 5.97. The minimum absolute atomic E-state index is 0.00782. The van der Waals surface area contributed by atoms with Crippen LogP contribution in [0.2, 0.25) is 0 Å². The molecule has 1 aliphatic rings. The SMILES string of the molecule is CCN(Cc1cc(C(F)(F)F)ccc1-c1c[nH]c2ccc(C#N)cc12)C(=O)C1CC1. The molecule has 1 aromatic heterocycles. The highest BCUT2D eigenvalue weighted by Gasteiger charge is 2.34. The second-order valence-corrected chi connectivity index (χ2v) is 7.57. The summed E-state index contributed by atoms with van der Waals surface area (Å²) in [7, 11) is 0. The molecule has 1 saturated carbocycles. The zero-order valence-electron chi connectivity index (χ0n) is 16.4. The smallest absolute Gasteiger partial charge is 0.361 e. The van der Waals surface area contributed by atoms with Crippen LogP contribution >= 0.6 is 0 Å². The second kappa shape index (κ2) is 7.52. The van der Waals surface area contributed by atoms with Crippen molar-refractivity contribution in [1.29, 1.82) is 5.26 Å². The van der Waals surface area contributed by atoms with E-state index in [-0.39, 0.29) is 18.4 Å². The van der Waals surface area contributed by atoms with Crippen LogP contribution in [0, 0.1) is 17.2 Å². The van der Waals surface area contributed by atoms with Crippen molar-refractivity contribution < 1.29 is 18.0 Å². The van der Waals surface area contributed by atoms with Crippen molar-refractivity contribution in [2.45, 2.75) is 32.5 Å². The molecule has 1 amide bonds. The number of halogens is 3. The second-order valence-electron chi connectivity index (χ2n) is 7.57. The fraction of sp³-hybridized carbons (Fsp3) is 0.304. The van der Waals surface area contributed by atoms with Gasteiger partial charge in [0.25, 0.3) is 0 Å². The summed E-state index contributed by atoms with van der Waals surface area (Å²) in [5.74, 6) is -0.0166. The normalized spacial score (nSPS) is 14.0. The number of hydrogen-bond acceptors (Lipinski definition) is 2. The molecule has 0 atom stereocenters. The van der Waals surface area contributed by atoms with E-state index in [1.807, 2.05) is 6.92 Å². The van der Waals surface area contributed by atoms with Crippen molar-refractivity contribution in [3.05, 3.63) is 59.3 Å². The summed E-state index contributed by atoms with van der Waals surface area (Å²) < 4.78 is 40.2. The maximum atomic E-state index is 13.4. The van der Waals surface area contributed by atoms with Crippen LogP contribution < -0.4 is 0 Å². The minimum atomic E-state index is -4.47. The molecule has 4 nitrogen and oxygen atoms in total. The maximum Gasteiger partial charge on any atom is 0.416 e. The van der Waals surface area contributed by atoms with E-state index in [1.54, 1.807) is 29.3 Å². The van der Waals surface area contributed by atoms with E-state index in [4.69, 9.17) is 0 Å². The van der Waals surface area contributed by atoms with E-state index in [0.29, 0.717) is 28.8 Å². The van der Waals surface area contributed by atoms with Crippen LogP contribution in [0.5, 0.6) is 0 Å². The van der Waals surface area contributed by atoms with Crippen LogP contribution in [-0.4, -0.2) is 22.3 Å². The van der Waals surface area contributed by atoms with E-state index in [1.165, 1.54) is 6.07 Å². The van der Waals surface area contributed by atoms with Gasteiger partial charge in [0, 0.05) is 41.7 Å². The van der Waals surface area contributed by atoms with Gasteiger partial charge in [0.05, 0.1) is 17.2 Å². The van der Waals surface area contributed by atoms with Crippen LogP contribution in [0.4, 0.5) is 13.2 Å². The van der Waals surface area contributed by atoms with Crippen molar-refractivity contribution in [2.24, 2.45) is 5.92 Å². The quantitative estimate of drug-likeness (QED) is 0.604. The molecule has 7 heteroatoms. The molecule has 3 aromatic rings. The predicted molar refractivity (Wildman–Crippen MR) is 107 cm³/mol. The lowest BCUT2D eigenvalue weighted by molar-refractivity contribution is -0.137. The summed E-state index contributed by atoms with van der Waals surface area (Å²) >= 11 is 0. The number of fused-ring (bicyclic) bond motifs is 1. The first-order valence-corrected chi connectivity index (χ1v) is 9.82. The molecule has 0 saturated heterocycles. The minimum Gasteiger partial charge on any atom is -0.361 e. The number of H-pyrrole nitrogens is 1.